The Morgan fingerprint density at radius 2 is 2.06 bits per heavy atom. The average Bonchev–Trinajstić information content (AvgIpc) is 2.60. The van der Waals surface area contributed by atoms with Crippen LogP contribution in [0, 0.1) is 11.8 Å². The van der Waals surface area contributed by atoms with Gasteiger partial charge in [-0.05, 0) is 24.7 Å². The van der Waals surface area contributed by atoms with Crippen LogP contribution in [0.3, 0.4) is 0 Å². The molecular formula is C12H16N2O4. The lowest BCUT2D eigenvalue weighted by atomic mass is 9.97. The summed E-state index contributed by atoms with van der Waals surface area (Å²) in [7, 11) is 0. The van der Waals surface area contributed by atoms with Gasteiger partial charge in [-0.3, -0.25) is 14.3 Å². The number of carboxylic acids is 1. The molecule has 1 heterocycles. The van der Waals surface area contributed by atoms with Crippen LogP contribution in [0.2, 0.25) is 0 Å². The average molecular weight is 252 g/mol. The van der Waals surface area contributed by atoms with Gasteiger partial charge in [-0.1, -0.05) is 13.8 Å². The third-order valence-electron chi connectivity index (χ3n) is 3.98. The molecule has 0 bridgehead atoms. The van der Waals surface area contributed by atoms with Crippen LogP contribution in [0.5, 0.6) is 0 Å². The molecule has 0 aromatic carbocycles. The normalized spacial score (nSPS) is 27.3. The molecule has 1 aromatic rings. The van der Waals surface area contributed by atoms with Crippen molar-refractivity contribution in [3.8, 4) is 0 Å². The van der Waals surface area contributed by atoms with Crippen molar-refractivity contribution in [2.75, 3.05) is 0 Å². The third-order valence-corrected chi connectivity index (χ3v) is 3.98. The molecule has 1 aliphatic carbocycles. The lowest BCUT2D eigenvalue weighted by Gasteiger charge is -2.20. The van der Waals surface area contributed by atoms with Gasteiger partial charge >= 0.3 is 11.7 Å². The van der Waals surface area contributed by atoms with Crippen molar-refractivity contribution < 1.29 is 9.90 Å². The summed E-state index contributed by atoms with van der Waals surface area (Å²) < 4.78 is 1.36. The molecule has 0 aliphatic heterocycles. The quantitative estimate of drug-likeness (QED) is 0.815. The lowest BCUT2D eigenvalue weighted by molar-refractivity contribution is 0.0693. The number of nitrogens with zero attached hydrogens (tertiary/aromatic N) is 1. The van der Waals surface area contributed by atoms with Gasteiger partial charge in [0.15, 0.2) is 0 Å². The number of rotatable bonds is 2. The molecule has 0 saturated heterocycles. The van der Waals surface area contributed by atoms with E-state index in [0.717, 1.165) is 12.8 Å². The molecule has 1 aliphatic rings. The fraction of sp³-hybridized carbons (Fsp3) is 0.583. The number of aromatic amines is 1. The van der Waals surface area contributed by atoms with E-state index >= 15 is 0 Å². The summed E-state index contributed by atoms with van der Waals surface area (Å²) >= 11 is 0. The molecule has 2 N–H and O–H groups in total. The Labute approximate surface area is 103 Å². The molecule has 0 radical (unpaired) electrons. The van der Waals surface area contributed by atoms with Gasteiger partial charge in [0.25, 0.3) is 5.56 Å². The van der Waals surface area contributed by atoms with Crippen molar-refractivity contribution in [1.82, 2.24) is 9.55 Å². The number of carbonyl (C=O) groups is 1. The fourth-order valence-electron chi connectivity index (χ4n) is 2.62. The van der Waals surface area contributed by atoms with Crippen LogP contribution < -0.4 is 11.2 Å². The van der Waals surface area contributed by atoms with E-state index in [4.69, 9.17) is 5.11 Å². The van der Waals surface area contributed by atoms with Gasteiger partial charge < -0.3 is 5.11 Å². The number of hydrogen-bond donors (Lipinski definition) is 2. The number of hydrogen-bond acceptors (Lipinski definition) is 3. The molecule has 0 spiro atoms. The first kappa shape index (κ1) is 12.6. The van der Waals surface area contributed by atoms with E-state index in [9.17, 15) is 14.4 Å². The number of nitrogens with one attached hydrogen (secondary N) is 1. The molecule has 3 atom stereocenters. The highest BCUT2D eigenvalue weighted by molar-refractivity contribution is 5.86. The zero-order valence-electron chi connectivity index (χ0n) is 10.3. The van der Waals surface area contributed by atoms with E-state index in [1.807, 2.05) is 6.92 Å². The van der Waals surface area contributed by atoms with Crippen LogP contribution in [-0.4, -0.2) is 20.6 Å². The summed E-state index contributed by atoms with van der Waals surface area (Å²) in [4.78, 5) is 36.1. The number of H-pyrrole nitrogens is 1. The summed E-state index contributed by atoms with van der Waals surface area (Å²) in [5, 5.41) is 8.91. The van der Waals surface area contributed by atoms with Crippen LogP contribution in [0.4, 0.5) is 0 Å². The predicted octanol–water partition coefficient (Wildman–Crippen LogP) is 0.842. The Bertz CT molecular complexity index is 586. The second kappa shape index (κ2) is 4.44. The van der Waals surface area contributed by atoms with Crippen molar-refractivity contribution in [2.45, 2.75) is 32.7 Å². The van der Waals surface area contributed by atoms with Crippen LogP contribution in [-0.2, 0) is 0 Å². The lowest BCUT2D eigenvalue weighted by Crippen LogP contribution is -2.36. The maximum Gasteiger partial charge on any atom is 0.342 e. The van der Waals surface area contributed by atoms with E-state index in [2.05, 4.69) is 11.9 Å². The van der Waals surface area contributed by atoms with Crippen molar-refractivity contribution in [3.05, 3.63) is 32.6 Å². The van der Waals surface area contributed by atoms with Gasteiger partial charge in [0.05, 0.1) is 0 Å². The number of aromatic carboxylic acids is 1. The number of aromatic nitrogens is 2. The molecule has 18 heavy (non-hydrogen) atoms. The van der Waals surface area contributed by atoms with Gasteiger partial charge in [0, 0.05) is 12.2 Å². The maximum absolute atomic E-state index is 11.8. The SMILES string of the molecule is CC1CCC(n2cc(C(=O)O)c(=O)[nH]c2=O)C1C. The predicted molar refractivity (Wildman–Crippen MR) is 64.9 cm³/mol. The monoisotopic (exact) mass is 252 g/mol. The van der Waals surface area contributed by atoms with Crippen LogP contribution in [0.15, 0.2) is 15.8 Å². The summed E-state index contributed by atoms with van der Waals surface area (Å²) in [5.41, 5.74) is -1.76. The molecule has 1 saturated carbocycles. The van der Waals surface area contributed by atoms with Crippen molar-refractivity contribution in [2.24, 2.45) is 11.8 Å². The van der Waals surface area contributed by atoms with Crippen molar-refractivity contribution >= 4 is 5.97 Å². The van der Waals surface area contributed by atoms with Crippen molar-refractivity contribution in [1.29, 1.82) is 0 Å². The molecule has 1 aromatic heterocycles. The number of carboxylic acid groups (broad SMARTS) is 1. The molecule has 98 valence electrons. The van der Waals surface area contributed by atoms with E-state index in [1.54, 1.807) is 0 Å². The first-order valence-electron chi connectivity index (χ1n) is 6.00. The Morgan fingerprint density at radius 1 is 1.39 bits per heavy atom. The van der Waals surface area contributed by atoms with E-state index in [-0.39, 0.29) is 17.5 Å². The molecule has 3 unspecified atom stereocenters. The fourth-order valence-corrected chi connectivity index (χ4v) is 2.62. The van der Waals surface area contributed by atoms with Gasteiger partial charge in [-0.25, -0.2) is 9.59 Å². The Hall–Kier alpha value is -1.85. The summed E-state index contributed by atoms with van der Waals surface area (Å²) in [6.45, 7) is 4.15. The second-order valence-corrected chi connectivity index (χ2v) is 5.00. The molecule has 6 heteroatoms. The standard InChI is InChI=1S/C12H16N2O4/c1-6-3-4-9(7(6)2)14-5-8(11(16)17)10(15)13-12(14)18/h5-7,9H,3-4H2,1-2H3,(H,16,17)(H,13,15,18). The second-order valence-electron chi connectivity index (χ2n) is 5.00. The first-order chi connectivity index (χ1) is 8.41. The minimum Gasteiger partial charge on any atom is -0.477 e. The maximum atomic E-state index is 11.8. The summed E-state index contributed by atoms with van der Waals surface area (Å²) in [6, 6.07) is -0.0394. The highest BCUT2D eigenvalue weighted by Gasteiger charge is 2.32. The van der Waals surface area contributed by atoms with E-state index < -0.39 is 17.2 Å². The van der Waals surface area contributed by atoms with Crippen molar-refractivity contribution in [3.63, 3.8) is 0 Å². The summed E-state index contributed by atoms with van der Waals surface area (Å²) in [5.74, 6) is -0.541. The zero-order valence-corrected chi connectivity index (χ0v) is 10.3. The highest BCUT2D eigenvalue weighted by Crippen LogP contribution is 2.38. The zero-order chi connectivity index (χ0) is 13.4. The molecule has 2 rings (SSSR count). The van der Waals surface area contributed by atoms with Crippen LogP contribution in [0.25, 0.3) is 0 Å². The minimum atomic E-state index is -1.32. The van der Waals surface area contributed by atoms with Crippen LogP contribution >= 0.6 is 0 Å². The summed E-state index contributed by atoms with van der Waals surface area (Å²) in [6.07, 6.45) is 3.00. The Morgan fingerprint density at radius 3 is 2.56 bits per heavy atom. The van der Waals surface area contributed by atoms with Gasteiger partial charge in [-0.2, -0.15) is 0 Å². The Balaban J connectivity index is 2.52. The Kier molecular flexibility index (Phi) is 3.11. The third kappa shape index (κ3) is 1.98. The van der Waals surface area contributed by atoms with Gasteiger partial charge in [0.1, 0.15) is 5.56 Å². The van der Waals surface area contributed by atoms with Crippen LogP contribution in [0.1, 0.15) is 43.1 Å². The first-order valence-corrected chi connectivity index (χ1v) is 6.00. The van der Waals surface area contributed by atoms with Gasteiger partial charge in [0.2, 0.25) is 0 Å². The van der Waals surface area contributed by atoms with E-state index in [0.29, 0.717) is 5.92 Å². The molecular weight excluding hydrogens is 236 g/mol. The smallest absolute Gasteiger partial charge is 0.342 e. The molecule has 1 fully saturated rings. The van der Waals surface area contributed by atoms with E-state index in [1.165, 1.54) is 10.8 Å². The minimum absolute atomic E-state index is 0.0394. The topological polar surface area (TPSA) is 92.2 Å². The largest absolute Gasteiger partial charge is 0.477 e. The van der Waals surface area contributed by atoms with Gasteiger partial charge in [-0.15, -0.1) is 0 Å². The molecule has 0 amide bonds. The molecule has 6 nitrogen and oxygen atoms in total. The highest BCUT2D eigenvalue weighted by atomic mass is 16.4.